The Kier molecular flexibility index (Phi) is 7.31. The third kappa shape index (κ3) is 5.14. The maximum absolute atomic E-state index is 15.2. The molecule has 2 saturated heterocycles. The monoisotopic (exact) mass is 485 g/mol. The quantitative estimate of drug-likeness (QED) is 0.490. The van der Waals surface area contributed by atoms with Crippen LogP contribution in [0.5, 0.6) is 5.88 Å². The van der Waals surface area contributed by atoms with Crippen LogP contribution >= 0.6 is 11.6 Å². The van der Waals surface area contributed by atoms with Crippen molar-refractivity contribution in [2.24, 2.45) is 11.8 Å². The van der Waals surface area contributed by atoms with Crippen LogP contribution in [-0.4, -0.2) is 60.0 Å². The van der Waals surface area contributed by atoms with E-state index in [4.69, 9.17) is 37.5 Å². The minimum atomic E-state index is -0.780. The van der Waals surface area contributed by atoms with Gasteiger partial charge in [0.25, 0.3) is 5.88 Å². The summed E-state index contributed by atoms with van der Waals surface area (Å²) in [6.45, 7) is 1.55. The zero-order valence-electron chi connectivity index (χ0n) is 18.0. The summed E-state index contributed by atoms with van der Waals surface area (Å²) in [5, 5.41) is 12.0. The van der Waals surface area contributed by atoms with Crippen LogP contribution in [-0.2, 0) is 9.47 Å². The third-order valence-corrected chi connectivity index (χ3v) is 5.90. The molecule has 2 unspecified atom stereocenters. The van der Waals surface area contributed by atoms with Gasteiger partial charge >= 0.3 is 6.09 Å². The predicted octanol–water partition coefficient (Wildman–Crippen LogP) is 3.37. The SMILES string of the molecule is C#CCCOC(=O)N1CC2COCC(C1)C2Oc1ncnc(Nc2ccc(C#N)cc2Cl)c1F. The number of aromatic nitrogens is 2. The lowest BCUT2D eigenvalue weighted by Crippen LogP contribution is -2.58. The normalized spacial score (nSPS) is 21.2. The fraction of sp³-hybridized carbons (Fsp3) is 0.391. The molecule has 34 heavy (non-hydrogen) atoms. The molecule has 0 radical (unpaired) electrons. The van der Waals surface area contributed by atoms with Gasteiger partial charge in [0.15, 0.2) is 5.82 Å². The Hall–Kier alpha value is -3.60. The van der Waals surface area contributed by atoms with Gasteiger partial charge in [0.05, 0.1) is 35.6 Å². The molecule has 0 aliphatic carbocycles. The number of likely N-dealkylation sites (tertiary alicyclic amines) is 1. The summed E-state index contributed by atoms with van der Waals surface area (Å²) in [4.78, 5) is 21.9. The second-order valence-corrected chi connectivity index (χ2v) is 8.29. The van der Waals surface area contributed by atoms with E-state index in [0.29, 0.717) is 44.0 Å². The zero-order chi connectivity index (χ0) is 24.1. The van der Waals surface area contributed by atoms with E-state index in [-0.39, 0.29) is 35.2 Å². The molecule has 1 aromatic heterocycles. The van der Waals surface area contributed by atoms with Crippen molar-refractivity contribution in [3.8, 4) is 24.3 Å². The number of fused-ring (bicyclic) bond motifs is 2. The third-order valence-electron chi connectivity index (χ3n) is 5.59. The van der Waals surface area contributed by atoms with Crippen LogP contribution in [0.3, 0.4) is 0 Å². The molecule has 1 aromatic carbocycles. The zero-order valence-corrected chi connectivity index (χ0v) is 18.8. The summed E-state index contributed by atoms with van der Waals surface area (Å²) < 4.78 is 32.0. The number of benzene rings is 1. The van der Waals surface area contributed by atoms with Gasteiger partial charge in [-0.2, -0.15) is 14.6 Å². The molecule has 4 rings (SSSR count). The largest absolute Gasteiger partial charge is 0.471 e. The van der Waals surface area contributed by atoms with Gasteiger partial charge in [0.2, 0.25) is 5.82 Å². The first-order chi connectivity index (χ1) is 16.5. The van der Waals surface area contributed by atoms with Gasteiger partial charge in [-0.05, 0) is 18.2 Å². The Labute approximate surface area is 200 Å². The number of nitrogens with one attached hydrogen (secondary N) is 1. The summed E-state index contributed by atoms with van der Waals surface area (Å²) >= 11 is 6.17. The van der Waals surface area contributed by atoms with E-state index in [1.807, 2.05) is 6.07 Å². The first-order valence-corrected chi connectivity index (χ1v) is 10.9. The van der Waals surface area contributed by atoms with Crippen LogP contribution in [0, 0.1) is 41.3 Å². The molecule has 1 N–H and O–H groups in total. The van der Waals surface area contributed by atoms with Crippen LogP contribution in [0.2, 0.25) is 5.02 Å². The Balaban J connectivity index is 1.46. The number of anilines is 2. The molecule has 2 aromatic rings. The van der Waals surface area contributed by atoms with Crippen molar-refractivity contribution in [3.63, 3.8) is 0 Å². The molecule has 2 bridgehead atoms. The molecule has 0 saturated carbocycles. The van der Waals surface area contributed by atoms with Gasteiger partial charge in [-0.15, -0.1) is 12.3 Å². The summed E-state index contributed by atoms with van der Waals surface area (Å²) in [6, 6.07) is 6.56. The summed E-state index contributed by atoms with van der Waals surface area (Å²) in [5.74, 6) is 0.937. The molecule has 0 spiro atoms. The van der Waals surface area contributed by atoms with Gasteiger partial charge in [0.1, 0.15) is 19.0 Å². The number of nitrogens with zero attached hydrogens (tertiary/aromatic N) is 4. The number of nitriles is 1. The first kappa shape index (κ1) is 23.6. The Bertz CT molecular complexity index is 1140. The van der Waals surface area contributed by atoms with Crippen molar-refractivity contribution >= 4 is 29.2 Å². The molecule has 11 heteroatoms. The Morgan fingerprint density at radius 2 is 2.12 bits per heavy atom. The van der Waals surface area contributed by atoms with E-state index in [1.165, 1.54) is 12.4 Å². The summed E-state index contributed by atoms with van der Waals surface area (Å²) in [7, 11) is 0. The summed E-state index contributed by atoms with van der Waals surface area (Å²) in [5.41, 5.74) is 0.758. The second-order valence-electron chi connectivity index (χ2n) is 7.89. The summed E-state index contributed by atoms with van der Waals surface area (Å²) in [6.07, 6.45) is 5.88. The highest BCUT2D eigenvalue weighted by Gasteiger charge is 2.44. The van der Waals surface area contributed by atoms with Crippen LogP contribution in [0.4, 0.5) is 20.7 Å². The molecular weight excluding hydrogens is 465 g/mol. The number of hydrogen-bond donors (Lipinski definition) is 1. The first-order valence-electron chi connectivity index (χ1n) is 10.6. The number of ether oxygens (including phenoxy) is 3. The van der Waals surface area contributed by atoms with Gasteiger partial charge < -0.3 is 24.4 Å². The highest BCUT2D eigenvalue weighted by molar-refractivity contribution is 6.33. The lowest BCUT2D eigenvalue weighted by atomic mass is 9.84. The number of piperidine rings is 1. The average Bonchev–Trinajstić information content (AvgIpc) is 2.82. The lowest BCUT2D eigenvalue weighted by molar-refractivity contribution is -0.110. The molecule has 9 nitrogen and oxygen atoms in total. The van der Waals surface area contributed by atoms with Crippen molar-refractivity contribution in [3.05, 3.63) is 40.9 Å². The van der Waals surface area contributed by atoms with E-state index in [1.54, 1.807) is 17.0 Å². The highest BCUT2D eigenvalue weighted by Crippen LogP contribution is 2.34. The molecule has 2 atom stereocenters. The molecule has 2 fully saturated rings. The topological polar surface area (TPSA) is 110 Å². The maximum atomic E-state index is 15.2. The number of halogens is 2. The molecule has 1 amide bonds. The van der Waals surface area contributed by atoms with E-state index >= 15 is 4.39 Å². The van der Waals surface area contributed by atoms with Crippen LogP contribution in [0.25, 0.3) is 0 Å². The molecule has 3 heterocycles. The van der Waals surface area contributed by atoms with E-state index in [2.05, 4.69) is 21.2 Å². The van der Waals surface area contributed by atoms with Crippen LogP contribution in [0.15, 0.2) is 24.5 Å². The minimum Gasteiger partial charge on any atom is -0.471 e. The number of carbonyl (C=O) groups excluding carboxylic acids is 1. The van der Waals surface area contributed by atoms with Gasteiger partial charge in [0, 0.05) is 31.3 Å². The maximum Gasteiger partial charge on any atom is 0.409 e. The fourth-order valence-electron chi connectivity index (χ4n) is 3.99. The smallest absolute Gasteiger partial charge is 0.409 e. The molecule has 2 aliphatic rings. The fourth-order valence-corrected chi connectivity index (χ4v) is 4.22. The number of rotatable bonds is 6. The van der Waals surface area contributed by atoms with Gasteiger partial charge in [-0.1, -0.05) is 11.6 Å². The Morgan fingerprint density at radius 1 is 1.35 bits per heavy atom. The van der Waals surface area contributed by atoms with Crippen LogP contribution in [0.1, 0.15) is 12.0 Å². The lowest BCUT2D eigenvalue weighted by Gasteiger charge is -2.45. The minimum absolute atomic E-state index is 0.118. The van der Waals surface area contributed by atoms with E-state index < -0.39 is 18.0 Å². The standard InChI is InChI=1S/C23H21ClFN5O4/c1-2-3-6-33-23(31)30-9-15-11-32-12-16(10-30)20(15)34-22-19(25)21(27-13-28-22)29-18-5-4-14(8-26)7-17(18)24/h1,4-5,7,13,15-16,20H,3,6,9-12H2,(H,27,28,29). The molecule has 2 aliphatic heterocycles. The number of carbonyl (C=O) groups is 1. The van der Waals surface area contributed by atoms with Crippen LogP contribution < -0.4 is 10.1 Å². The van der Waals surface area contributed by atoms with Gasteiger partial charge in [-0.3, -0.25) is 0 Å². The number of amides is 1. The number of hydrogen-bond acceptors (Lipinski definition) is 8. The van der Waals surface area contributed by atoms with E-state index in [0.717, 1.165) is 0 Å². The van der Waals surface area contributed by atoms with E-state index in [9.17, 15) is 4.79 Å². The van der Waals surface area contributed by atoms with Crippen molar-refractivity contribution < 1.29 is 23.4 Å². The van der Waals surface area contributed by atoms with Crippen molar-refractivity contribution in [1.82, 2.24) is 14.9 Å². The average molecular weight is 486 g/mol. The van der Waals surface area contributed by atoms with Crippen molar-refractivity contribution in [2.75, 3.05) is 38.2 Å². The van der Waals surface area contributed by atoms with Crippen molar-refractivity contribution in [2.45, 2.75) is 12.5 Å². The Morgan fingerprint density at radius 3 is 2.79 bits per heavy atom. The number of terminal acetylenes is 1. The van der Waals surface area contributed by atoms with Crippen molar-refractivity contribution in [1.29, 1.82) is 5.26 Å². The molecular formula is C23H21ClFN5O4. The molecule has 176 valence electrons. The van der Waals surface area contributed by atoms with Gasteiger partial charge in [-0.25, -0.2) is 9.78 Å². The highest BCUT2D eigenvalue weighted by atomic mass is 35.5. The predicted molar refractivity (Wildman–Crippen MR) is 120 cm³/mol. The second kappa shape index (κ2) is 10.6.